The van der Waals surface area contributed by atoms with Gasteiger partial charge in [-0.1, -0.05) is 11.6 Å². The molecule has 1 amide bonds. The van der Waals surface area contributed by atoms with Crippen LogP contribution in [0, 0.1) is 0 Å². The summed E-state index contributed by atoms with van der Waals surface area (Å²) in [5.41, 5.74) is 1.93. The minimum Gasteiger partial charge on any atom is -0.385 e. The molecule has 0 radical (unpaired) electrons. The number of rotatable bonds is 9. The highest BCUT2D eigenvalue weighted by Crippen LogP contribution is 2.39. The van der Waals surface area contributed by atoms with Crippen LogP contribution in [0.3, 0.4) is 0 Å². The first-order chi connectivity index (χ1) is 14.6. The summed E-state index contributed by atoms with van der Waals surface area (Å²) in [4.78, 5) is 20.0. The van der Waals surface area contributed by atoms with Gasteiger partial charge < -0.3 is 24.3 Å². The third-order valence-corrected chi connectivity index (χ3v) is 6.31. The fourth-order valence-corrected chi connectivity index (χ4v) is 4.55. The number of unbranched alkanes of at least 4 members (excludes halogenated alkanes) is 1. The summed E-state index contributed by atoms with van der Waals surface area (Å²) in [7, 11) is 1.72. The van der Waals surface area contributed by atoms with Gasteiger partial charge in [0.05, 0.1) is 17.7 Å². The van der Waals surface area contributed by atoms with Gasteiger partial charge in [-0.25, -0.2) is 4.98 Å². The molecule has 164 valence electrons. The minimum atomic E-state index is -0.419. The van der Waals surface area contributed by atoms with Gasteiger partial charge in [0.15, 0.2) is 0 Å². The number of amides is 1. The average molecular weight is 435 g/mol. The molecule has 1 saturated carbocycles. The second-order valence-electron chi connectivity index (χ2n) is 8.19. The number of morpholine rings is 1. The smallest absolute Gasteiger partial charge is 0.253 e. The van der Waals surface area contributed by atoms with Crippen molar-refractivity contribution in [2.45, 2.75) is 57.3 Å². The van der Waals surface area contributed by atoms with Gasteiger partial charge in [-0.05, 0) is 38.7 Å². The van der Waals surface area contributed by atoms with E-state index in [1.54, 1.807) is 13.3 Å². The van der Waals surface area contributed by atoms with Crippen molar-refractivity contribution in [3.05, 3.63) is 29.0 Å². The molecule has 2 fully saturated rings. The summed E-state index contributed by atoms with van der Waals surface area (Å²) < 4.78 is 13.1. The standard InChI is InChI=1S/C22H31ClN4O3/c1-15(27(16-5-6-16)22(28)19-13-24-9-12-30-19)17-14-26(10-3-4-11-29-2)21-20(17)18(23)7-8-25-21/h7-8,14-16,19,24H,3-6,9-13H2,1-2H3/t15-,19+/m0/s1. The Hall–Kier alpha value is -1.67. The molecule has 7 nitrogen and oxygen atoms in total. The lowest BCUT2D eigenvalue weighted by molar-refractivity contribution is -0.148. The van der Waals surface area contributed by atoms with Crippen molar-refractivity contribution in [1.29, 1.82) is 0 Å². The van der Waals surface area contributed by atoms with E-state index in [9.17, 15) is 4.79 Å². The third-order valence-electron chi connectivity index (χ3n) is 6.00. The number of carbonyl (C=O) groups excluding carboxylic acids is 1. The van der Waals surface area contributed by atoms with Crippen LogP contribution in [0.1, 0.15) is 44.2 Å². The van der Waals surface area contributed by atoms with E-state index in [4.69, 9.17) is 21.1 Å². The lowest BCUT2D eigenvalue weighted by Gasteiger charge is -2.34. The number of fused-ring (bicyclic) bond motifs is 1. The molecule has 2 aliphatic rings. The summed E-state index contributed by atoms with van der Waals surface area (Å²) in [6.45, 7) is 5.61. The lowest BCUT2D eigenvalue weighted by Crippen LogP contribution is -2.50. The molecule has 1 N–H and O–H groups in total. The predicted octanol–water partition coefficient (Wildman–Crippen LogP) is 3.16. The van der Waals surface area contributed by atoms with Crippen LogP contribution in [0.5, 0.6) is 0 Å². The second-order valence-corrected chi connectivity index (χ2v) is 8.59. The van der Waals surface area contributed by atoms with Crippen LogP contribution in [0.4, 0.5) is 0 Å². The Bertz CT molecular complexity index is 877. The van der Waals surface area contributed by atoms with Crippen molar-refractivity contribution >= 4 is 28.5 Å². The van der Waals surface area contributed by atoms with Gasteiger partial charge in [0.1, 0.15) is 11.8 Å². The van der Waals surface area contributed by atoms with Gasteiger partial charge in [0, 0.05) is 62.7 Å². The van der Waals surface area contributed by atoms with E-state index in [2.05, 4.69) is 28.0 Å². The molecule has 3 heterocycles. The second kappa shape index (κ2) is 9.64. The Labute approximate surface area is 182 Å². The van der Waals surface area contributed by atoms with Gasteiger partial charge in [-0.2, -0.15) is 0 Å². The van der Waals surface area contributed by atoms with E-state index in [0.717, 1.165) is 62.0 Å². The lowest BCUT2D eigenvalue weighted by atomic mass is 10.1. The van der Waals surface area contributed by atoms with E-state index in [0.29, 0.717) is 18.2 Å². The highest BCUT2D eigenvalue weighted by atomic mass is 35.5. The van der Waals surface area contributed by atoms with Crippen LogP contribution < -0.4 is 5.32 Å². The Morgan fingerprint density at radius 3 is 3.00 bits per heavy atom. The fraction of sp³-hybridized carbons (Fsp3) is 0.636. The Morgan fingerprint density at radius 2 is 2.30 bits per heavy atom. The number of hydrogen-bond acceptors (Lipinski definition) is 5. The van der Waals surface area contributed by atoms with Gasteiger partial charge in [-0.3, -0.25) is 4.79 Å². The number of aryl methyl sites for hydroxylation is 1. The maximum atomic E-state index is 13.4. The van der Waals surface area contributed by atoms with Gasteiger partial charge in [0.2, 0.25) is 0 Å². The number of aromatic nitrogens is 2. The Balaban J connectivity index is 1.63. The molecule has 1 saturated heterocycles. The monoisotopic (exact) mass is 434 g/mol. The Morgan fingerprint density at radius 1 is 1.47 bits per heavy atom. The van der Waals surface area contributed by atoms with Crippen molar-refractivity contribution in [3.8, 4) is 0 Å². The van der Waals surface area contributed by atoms with E-state index in [-0.39, 0.29) is 18.0 Å². The maximum Gasteiger partial charge on any atom is 0.253 e. The molecule has 0 aromatic carbocycles. The van der Waals surface area contributed by atoms with Gasteiger partial charge >= 0.3 is 0 Å². The van der Waals surface area contributed by atoms with Crippen LogP contribution in [0.15, 0.2) is 18.5 Å². The number of carbonyl (C=O) groups is 1. The number of ether oxygens (including phenoxy) is 2. The normalized spacial score (nSPS) is 20.4. The molecule has 1 aliphatic carbocycles. The number of hydrogen-bond donors (Lipinski definition) is 1. The van der Waals surface area contributed by atoms with Crippen molar-refractivity contribution in [2.75, 3.05) is 33.4 Å². The van der Waals surface area contributed by atoms with E-state index >= 15 is 0 Å². The average Bonchev–Trinajstić information content (AvgIpc) is 3.52. The summed E-state index contributed by atoms with van der Waals surface area (Å²) >= 11 is 6.62. The quantitative estimate of drug-likeness (QED) is 0.614. The van der Waals surface area contributed by atoms with E-state index in [1.165, 1.54) is 0 Å². The number of nitrogens with one attached hydrogen (secondary N) is 1. The molecule has 0 unspecified atom stereocenters. The van der Waals surface area contributed by atoms with Crippen molar-refractivity contribution in [3.63, 3.8) is 0 Å². The zero-order valence-corrected chi connectivity index (χ0v) is 18.5. The molecule has 8 heteroatoms. The zero-order chi connectivity index (χ0) is 21.1. The highest BCUT2D eigenvalue weighted by Gasteiger charge is 2.40. The van der Waals surface area contributed by atoms with Crippen molar-refractivity contribution < 1.29 is 14.3 Å². The summed E-state index contributed by atoms with van der Waals surface area (Å²) in [6.07, 6.45) is 7.51. The largest absolute Gasteiger partial charge is 0.385 e. The van der Waals surface area contributed by atoms with Crippen LogP contribution in [-0.2, 0) is 20.8 Å². The number of methoxy groups -OCH3 is 1. The molecule has 0 bridgehead atoms. The first-order valence-electron chi connectivity index (χ1n) is 10.9. The number of nitrogens with zero attached hydrogens (tertiary/aromatic N) is 3. The SMILES string of the molecule is COCCCCn1cc([C@H](C)N(C(=O)[C@H]2CNCCO2)C2CC2)c2c(Cl)ccnc21. The van der Waals surface area contributed by atoms with Crippen LogP contribution in [0.25, 0.3) is 11.0 Å². The summed E-state index contributed by atoms with van der Waals surface area (Å²) in [5.74, 6) is 0.0678. The first-order valence-corrected chi connectivity index (χ1v) is 11.3. The van der Waals surface area contributed by atoms with Gasteiger partial charge in [-0.15, -0.1) is 0 Å². The topological polar surface area (TPSA) is 68.6 Å². The predicted molar refractivity (Wildman–Crippen MR) is 117 cm³/mol. The van der Waals surface area contributed by atoms with Crippen LogP contribution in [-0.4, -0.2) is 65.9 Å². The van der Waals surface area contributed by atoms with Crippen LogP contribution >= 0.6 is 11.6 Å². The molecular formula is C22H31ClN4O3. The minimum absolute atomic E-state index is 0.0678. The third kappa shape index (κ3) is 4.49. The zero-order valence-electron chi connectivity index (χ0n) is 17.8. The molecule has 4 rings (SSSR count). The molecule has 2 aromatic heterocycles. The molecule has 0 spiro atoms. The molecule has 2 aromatic rings. The highest BCUT2D eigenvalue weighted by molar-refractivity contribution is 6.35. The fourth-order valence-electron chi connectivity index (χ4n) is 4.30. The van der Waals surface area contributed by atoms with E-state index in [1.807, 2.05) is 11.0 Å². The van der Waals surface area contributed by atoms with Gasteiger partial charge in [0.25, 0.3) is 5.91 Å². The first kappa shape index (κ1) is 21.6. The summed E-state index contributed by atoms with van der Waals surface area (Å²) in [6, 6.07) is 2.00. The molecule has 2 atom stereocenters. The van der Waals surface area contributed by atoms with Crippen molar-refractivity contribution in [2.24, 2.45) is 0 Å². The number of halogens is 1. The Kier molecular flexibility index (Phi) is 6.93. The maximum absolute atomic E-state index is 13.4. The molecule has 30 heavy (non-hydrogen) atoms. The molecule has 1 aliphatic heterocycles. The summed E-state index contributed by atoms with van der Waals surface area (Å²) in [5, 5.41) is 4.89. The van der Waals surface area contributed by atoms with Crippen molar-refractivity contribution in [1.82, 2.24) is 19.8 Å². The molecular weight excluding hydrogens is 404 g/mol. The number of pyridine rings is 1. The van der Waals surface area contributed by atoms with E-state index < -0.39 is 6.10 Å². The van der Waals surface area contributed by atoms with Crippen LogP contribution in [0.2, 0.25) is 5.02 Å².